The van der Waals surface area contributed by atoms with Crippen molar-refractivity contribution in [1.29, 1.82) is 0 Å². The molecule has 0 saturated carbocycles. The van der Waals surface area contributed by atoms with Gasteiger partial charge in [-0.25, -0.2) is 0 Å². The lowest BCUT2D eigenvalue weighted by Gasteiger charge is -2.04. The van der Waals surface area contributed by atoms with Crippen molar-refractivity contribution in [2.24, 2.45) is 0 Å². The van der Waals surface area contributed by atoms with E-state index in [0.29, 0.717) is 0 Å². The molecule has 0 N–H and O–H groups in total. The molecule has 0 saturated heterocycles. The Bertz CT molecular complexity index is 311. The predicted octanol–water partition coefficient (Wildman–Crippen LogP) is 4.06. The van der Waals surface area contributed by atoms with Gasteiger partial charge in [0, 0.05) is 0 Å². The zero-order valence-corrected chi connectivity index (χ0v) is 8.54. The summed E-state index contributed by atoms with van der Waals surface area (Å²) in [4.78, 5) is 0. The van der Waals surface area contributed by atoms with Crippen LogP contribution < -0.4 is 0 Å². The van der Waals surface area contributed by atoms with E-state index in [4.69, 9.17) is 0 Å². The summed E-state index contributed by atoms with van der Waals surface area (Å²) in [6.45, 7) is 6.33. The lowest BCUT2D eigenvalue weighted by atomic mass is 10.0. The van der Waals surface area contributed by atoms with Gasteiger partial charge in [-0.2, -0.15) is 0 Å². The average molecular weight is 172 g/mol. The molecule has 68 valence electrons. The summed E-state index contributed by atoms with van der Waals surface area (Å²) in [6, 6.07) is 10.5. The number of benzene rings is 1. The summed E-state index contributed by atoms with van der Waals surface area (Å²) in [7, 11) is 0. The second kappa shape index (κ2) is 4.66. The van der Waals surface area contributed by atoms with Crippen LogP contribution in [-0.2, 0) is 0 Å². The van der Waals surface area contributed by atoms with Crippen LogP contribution in [0.3, 0.4) is 0 Å². The molecule has 0 radical (unpaired) electrons. The molecule has 1 aromatic carbocycles. The molecule has 0 amide bonds. The highest BCUT2D eigenvalue weighted by Crippen LogP contribution is 2.19. The molecule has 0 fully saturated rings. The topological polar surface area (TPSA) is 0 Å². The quantitative estimate of drug-likeness (QED) is 0.590. The van der Waals surface area contributed by atoms with Gasteiger partial charge in [0.1, 0.15) is 0 Å². The highest BCUT2D eigenvalue weighted by atomic mass is 14.0. The first-order valence-electron chi connectivity index (χ1n) is 4.61. The highest BCUT2D eigenvalue weighted by Gasteiger charge is 1.97. The first-order valence-corrected chi connectivity index (χ1v) is 4.61. The average Bonchev–Trinajstić information content (AvgIpc) is 2.15. The van der Waals surface area contributed by atoms with E-state index in [9.17, 15) is 0 Å². The monoisotopic (exact) mass is 172 g/mol. The Labute approximate surface area is 80.6 Å². The van der Waals surface area contributed by atoms with Gasteiger partial charge in [0.25, 0.3) is 0 Å². The minimum Gasteiger partial charge on any atom is -0.0870 e. The molecule has 0 atom stereocenters. The van der Waals surface area contributed by atoms with Crippen LogP contribution in [0.2, 0.25) is 0 Å². The zero-order chi connectivity index (χ0) is 9.68. The van der Waals surface area contributed by atoms with Crippen molar-refractivity contribution in [3.63, 3.8) is 0 Å². The Morgan fingerprint density at radius 3 is 2.15 bits per heavy atom. The molecule has 0 spiro atoms. The minimum absolute atomic E-state index is 1.29. The van der Waals surface area contributed by atoms with Crippen LogP contribution in [0.1, 0.15) is 26.3 Å². The molecule has 1 rings (SSSR count). The minimum atomic E-state index is 1.29. The molecule has 0 unspecified atom stereocenters. The van der Waals surface area contributed by atoms with Crippen LogP contribution in [0.25, 0.3) is 5.57 Å². The molecule has 1 aromatic rings. The third-order valence-electron chi connectivity index (χ3n) is 1.96. The molecule has 0 aliphatic carbocycles. The highest BCUT2D eigenvalue weighted by molar-refractivity contribution is 5.75. The van der Waals surface area contributed by atoms with Gasteiger partial charge < -0.3 is 0 Å². The van der Waals surface area contributed by atoms with Gasteiger partial charge >= 0.3 is 0 Å². The van der Waals surface area contributed by atoms with Crippen LogP contribution in [0.5, 0.6) is 0 Å². The van der Waals surface area contributed by atoms with Crippen LogP contribution in [0.4, 0.5) is 0 Å². The molecular weight excluding hydrogens is 156 g/mol. The molecule has 0 bridgehead atoms. The van der Waals surface area contributed by atoms with Gasteiger partial charge in [-0.15, -0.1) is 0 Å². The van der Waals surface area contributed by atoms with E-state index in [-0.39, 0.29) is 0 Å². The van der Waals surface area contributed by atoms with Crippen LogP contribution in [-0.4, -0.2) is 0 Å². The summed E-state index contributed by atoms with van der Waals surface area (Å²) in [5.41, 5.74) is 3.97. The van der Waals surface area contributed by atoms with E-state index < -0.39 is 0 Å². The standard InChI is InChI=1S/C13H16/c1-4-8-13(11(2)3)12-9-6-5-7-10-12/h4-10H,1-3H3. The molecule has 0 heterocycles. The lowest BCUT2D eigenvalue weighted by Crippen LogP contribution is -1.82. The normalized spacial score (nSPS) is 10.4. The van der Waals surface area contributed by atoms with Gasteiger partial charge in [-0.05, 0) is 31.9 Å². The van der Waals surface area contributed by atoms with E-state index in [2.05, 4.69) is 50.3 Å². The van der Waals surface area contributed by atoms with E-state index in [0.717, 1.165) is 0 Å². The van der Waals surface area contributed by atoms with Gasteiger partial charge in [0.15, 0.2) is 0 Å². The summed E-state index contributed by atoms with van der Waals surface area (Å²) in [5.74, 6) is 0. The fourth-order valence-corrected chi connectivity index (χ4v) is 1.34. The van der Waals surface area contributed by atoms with Crippen LogP contribution in [0.15, 0.2) is 48.1 Å². The van der Waals surface area contributed by atoms with E-state index >= 15 is 0 Å². The molecule has 0 heteroatoms. The van der Waals surface area contributed by atoms with Gasteiger partial charge in [0.2, 0.25) is 0 Å². The van der Waals surface area contributed by atoms with E-state index in [1.807, 2.05) is 13.0 Å². The van der Waals surface area contributed by atoms with Crippen molar-refractivity contribution >= 4 is 5.57 Å². The summed E-state index contributed by atoms with van der Waals surface area (Å²) < 4.78 is 0. The molecule has 0 aromatic heterocycles. The summed E-state index contributed by atoms with van der Waals surface area (Å²) >= 11 is 0. The Hall–Kier alpha value is -1.30. The third kappa shape index (κ3) is 2.59. The van der Waals surface area contributed by atoms with Crippen molar-refractivity contribution in [3.8, 4) is 0 Å². The molecular formula is C13H16. The summed E-state index contributed by atoms with van der Waals surface area (Å²) in [6.07, 6.45) is 4.24. The van der Waals surface area contributed by atoms with Crippen molar-refractivity contribution < 1.29 is 0 Å². The van der Waals surface area contributed by atoms with Crippen molar-refractivity contribution in [2.45, 2.75) is 20.8 Å². The van der Waals surface area contributed by atoms with Crippen LogP contribution in [0, 0.1) is 0 Å². The van der Waals surface area contributed by atoms with Crippen molar-refractivity contribution in [3.05, 3.63) is 53.6 Å². The SMILES string of the molecule is CC=CC(=C(C)C)c1ccccc1. The second-order valence-electron chi connectivity index (χ2n) is 3.28. The molecule has 13 heavy (non-hydrogen) atoms. The maximum atomic E-state index is 2.16. The number of hydrogen-bond acceptors (Lipinski definition) is 0. The first-order chi connectivity index (χ1) is 6.25. The van der Waals surface area contributed by atoms with E-state index in [1.54, 1.807) is 0 Å². The Morgan fingerprint density at radius 2 is 1.69 bits per heavy atom. The van der Waals surface area contributed by atoms with Crippen molar-refractivity contribution in [1.82, 2.24) is 0 Å². The molecule has 0 nitrogen and oxygen atoms in total. The third-order valence-corrected chi connectivity index (χ3v) is 1.96. The Morgan fingerprint density at radius 1 is 1.08 bits per heavy atom. The smallest absolute Gasteiger partial charge is 0.0185 e. The van der Waals surface area contributed by atoms with Gasteiger partial charge in [0.05, 0.1) is 0 Å². The molecule has 0 aliphatic heterocycles. The number of hydrogen-bond donors (Lipinski definition) is 0. The Kier molecular flexibility index (Phi) is 3.51. The maximum absolute atomic E-state index is 2.16. The fourth-order valence-electron chi connectivity index (χ4n) is 1.34. The van der Waals surface area contributed by atoms with Gasteiger partial charge in [-0.3, -0.25) is 0 Å². The van der Waals surface area contributed by atoms with E-state index in [1.165, 1.54) is 16.7 Å². The maximum Gasteiger partial charge on any atom is -0.0185 e. The largest absolute Gasteiger partial charge is 0.0870 e. The van der Waals surface area contributed by atoms with Crippen LogP contribution >= 0.6 is 0 Å². The first kappa shape index (κ1) is 9.79. The number of allylic oxidation sites excluding steroid dienone is 4. The Balaban J connectivity index is 3.12. The fraction of sp³-hybridized carbons (Fsp3) is 0.231. The van der Waals surface area contributed by atoms with Gasteiger partial charge in [-0.1, -0.05) is 48.1 Å². The number of rotatable bonds is 2. The second-order valence-corrected chi connectivity index (χ2v) is 3.28. The molecule has 0 aliphatic rings. The zero-order valence-electron chi connectivity index (χ0n) is 8.54. The lowest BCUT2D eigenvalue weighted by molar-refractivity contribution is 1.39. The van der Waals surface area contributed by atoms with Crippen molar-refractivity contribution in [2.75, 3.05) is 0 Å². The predicted molar refractivity (Wildman–Crippen MR) is 59.5 cm³/mol. The summed E-state index contributed by atoms with van der Waals surface area (Å²) in [5, 5.41) is 0.